The summed E-state index contributed by atoms with van der Waals surface area (Å²) in [5.74, 6) is 3.05. The number of carbonyl (C=O) groups is 1. The number of aromatic nitrogens is 2. The first kappa shape index (κ1) is 17.5. The van der Waals surface area contributed by atoms with Gasteiger partial charge in [-0.15, -0.1) is 0 Å². The Morgan fingerprint density at radius 3 is 2.97 bits per heavy atom. The highest BCUT2D eigenvalue weighted by Crippen LogP contribution is 2.36. The molecule has 0 aliphatic carbocycles. The van der Waals surface area contributed by atoms with Gasteiger partial charge in [0.05, 0.1) is 7.11 Å². The topological polar surface area (TPSA) is 86.9 Å². The van der Waals surface area contributed by atoms with E-state index in [0.29, 0.717) is 42.7 Å². The average molecular weight is 393 g/mol. The summed E-state index contributed by atoms with van der Waals surface area (Å²) in [4.78, 5) is 18.8. The van der Waals surface area contributed by atoms with Crippen molar-refractivity contribution in [3.63, 3.8) is 0 Å². The fourth-order valence-corrected chi connectivity index (χ4v) is 3.64. The zero-order chi connectivity index (χ0) is 19.8. The van der Waals surface area contributed by atoms with Crippen LogP contribution in [0.5, 0.6) is 17.2 Å². The van der Waals surface area contributed by atoms with Gasteiger partial charge in [0, 0.05) is 31.0 Å². The number of carbonyl (C=O) groups excluding carboxylic acids is 1. The maximum Gasteiger partial charge on any atom is 0.258 e. The predicted molar refractivity (Wildman–Crippen MR) is 102 cm³/mol. The lowest BCUT2D eigenvalue weighted by Crippen LogP contribution is -2.24. The van der Waals surface area contributed by atoms with Crippen LogP contribution in [0.3, 0.4) is 0 Å². The van der Waals surface area contributed by atoms with Crippen LogP contribution >= 0.6 is 0 Å². The van der Waals surface area contributed by atoms with Crippen LogP contribution in [0.4, 0.5) is 0 Å². The quantitative estimate of drug-likeness (QED) is 0.658. The van der Waals surface area contributed by atoms with Crippen LogP contribution in [0.15, 0.2) is 47.0 Å². The Bertz CT molecular complexity index is 1060. The van der Waals surface area contributed by atoms with Crippen molar-refractivity contribution in [1.82, 2.24) is 15.0 Å². The van der Waals surface area contributed by atoms with E-state index in [9.17, 15) is 4.79 Å². The van der Waals surface area contributed by atoms with Crippen LogP contribution in [0.1, 0.15) is 23.7 Å². The molecule has 29 heavy (non-hydrogen) atoms. The fraction of sp³-hybridized carbons (Fsp3) is 0.286. The van der Waals surface area contributed by atoms with E-state index in [1.807, 2.05) is 47.4 Å². The van der Waals surface area contributed by atoms with Gasteiger partial charge in [0.1, 0.15) is 5.75 Å². The van der Waals surface area contributed by atoms with E-state index in [1.165, 1.54) is 0 Å². The van der Waals surface area contributed by atoms with Crippen LogP contribution in [0.25, 0.3) is 11.5 Å². The number of methoxy groups -OCH3 is 1. The number of ether oxygens (including phenoxy) is 3. The van der Waals surface area contributed by atoms with Crippen molar-refractivity contribution in [1.29, 1.82) is 0 Å². The van der Waals surface area contributed by atoms with Gasteiger partial charge >= 0.3 is 0 Å². The first-order valence-electron chi connectivity index (χ1n) is 9.34. The van der Waals surface area contributed by atoms with Gasteiger partial charge in [-0.3, -0.25) is 4.79 Å². The van der Waals surface area contributed by atoms with E-state index in [2.05, 4.69) is 10.1 Å². The van der Waals surface area contributed by atoms with E-state index in [-0.39, 0.29) is 18.6 Å². The Kier molecular flexibility index (Phi) is 4.31. The van der Waals surface area contributed by atoms with Gasteiger partial charge in [-0.2, -0.15) is 4.98 Å². The van der Waals surface area contributed by atoms with Crippen molar-refractivity contribution in [2.75, 3.05) is 20.4 Å². The highest BCUT2D eigenvalue weighted by Gasteiger charge is 2.34. The van der Waals surface area contributed by atoms with E-state index in [1.54, 1.807) is 7.11 Å². The lowest BCUT2D eigenvalue weighted by molar-refractivity contribution is -0.128. The molecule has 1 aromatic heterocycles. The summed E-state index contributed by atoms with van der Waals surface area (Å²) in [6.45, 7) is 1.29. The van der Waals surface area contributed by atoms with Gasteiger partial charge in [-0.05, 0) is 35.9 Å². The lowest BCUT2D eigenvalue weighted by atomic mass is 10.1. The zero-order valence-corrected chi connectivity index (χ0v) is 15.8. The van der Waals surface area contributed by atoms with Crippen LogP contribution in [-0.4, -0.2) is 41.4 Å². The molecule has 1 atom stereocenters. The molecule has 1 unspecified atom stereocenters. The Morgan fingerprint density at radius 1 is 1.17 bits per heavy atom. The molecule has 1 saturated heterocycles. The normalized spacial score (nSPS) is 17.8. The summed E-state index contributed by atoms with van der Waals surface area (Å²) < 4.78 is 21.4. The number of hydrogen-bond donors (Lipinski definition) is 0. The molecule has 3 heterocycles. The van der Waals surface area contributed by atoms with Crippen molar-refractivity contribution in [2.24, 2.45) is 0 Å². The molecule has 0 spiro atoms. The highest BCUT2D eigenvalue weighted by molar-refractivity contribution is 5.79. The second kappa shape index (κ2) is 7.12. The summed E-state index contributed by atoms with van der Waals surface area (Å²) in [5, 5.41) is 4.11. The molecule has 3 aromatic rings. The Hall–Kier alpha value is -3.55. The molecule has 0 N–H and O–H groups in total. The summed E-state index contributed by atoms with van der Waals surface area (Å²) >= 11 is 0. The second-order valence-electron chi connectivity index (χ2n) is 7.05. The minimum absolute atomic E-state index is 0.0762. The number of hydrogen-bond acceptors (Lipinski definition) is 7. The third kappa shape index (κ3) is 3.37. The van der Waals surface area contributed by atoms with E-state index < -0.39 is 0 Å². The van der Waals surface area contributed by atoms with E-state index in [0.717, 1.165) is 16.9 Å². The number of fused-ring (bicyclic) bond motifs is 1. The Balaban J connectivity index is 1.30. The smallest absolute Gasteiger partial charge is 0.258 e. The molecule has 1 fully saturated rings. The first-order chi connectivity index (χ1) is 14.2. The zero-order valence-electron chi connectivity index (χ0n) is 15.8. The van der Waals surface area contributed by atoms with Gasteiger partial charge in [-0.1, -0.05) is 17.3 Å². The van der Waals surface area contributed by atoms with Gasteiger partial charge in [-0.25, -0.2) is 0 Å². The molecule has 8 heteroatoms. The van der Waals surface area contributed by atoms with Gasteiger partial charge < -0.3 is 23.6 Å². The van der Waals surface area contributed by atoms with Crippen LogP contribution in [0.2, 0.25) is 0 Å². The molecule has 5 rings (SSSR count). The monoisotopic (exact) mass is 393 g/mol. The third-order valence-corrected chi connectivity index (χ3v) is 5.15. The number of benzene rings is 2. The van der Waals surface area contributed by atoms with Crippen molar-refractivity contribution >= 4 is 5.91 Å². The fourth-order valence-electron chi connectivity index (χ4n) is 3.64. The minimum atomic E-state index is -0.0976. The first-order valence-corrected chi connectivity index (χ1v) is 9.34. The molecule has 2 aromatic carbocycles. The van der Waals surface area contributed by atoms with Gasteiger partial charge in [0.15, 0.2) is 17.3 Å². The highest BCUT2D eigenvalue weighted by atomic mass is 16.7. The Morgan fingerprint density at radius 2 is 2.07 bits per heavy atom. The number of rotatable bonds is 5. The summed E-state index contributed by atoms with van der Waals surface area (Å²) in [6, 6.07) is 13.2. The number of likely N-dealkylation sites (tertiary alicyclic amines) is 1. The van der Waals surface area contributed by atoms with Crippen molar-refractivity contribution in [2.45, 2.75) is 18.9 Å². The summed E-state index contributed by atoms with van der Waals surface area (Å²) in [5.41, 5.74) is 1.78. The minimum Gasteiger partial charge on any atom is -0.497 e. The molecular formula is C21H19N3O5. The molecule has 1 amide bonds. The van der Waals surface area contributed by atoms with E-state index in [4.69, 9.17) is 18.7 Å². The molecule has 2 aliphatic heterocycles. The molecule has 2 aliphatic rings. The van der Waals surface area contributed by atoms with Crippen LogP contribution in [-0.2, 0) is 11.3 Å². The third-order valence-electron chi connectivity index (χ3n) is 5.15. The molecule has 0 saturated carbocycles. The van der Waals surface area contributed by atoms with E-state index >= 15 is 0 Å². The summed E-state index contributed by atoms with van der Waals surface area (Å²) in [6.07, 6.45) is 0.365. The predicted octanol–water partition coefficient (Wildman–Crippen LogP) is 2.99. The average Bonchev–Trinajstić information content (AvgIpc) is 3.47. The van der Waals surface area contributed by atoms with Crippen LogP contribution < -0.4 is 14.2 Å². The molecular weight excluding hydrogens is 374 g/mol. The maximum atomic E-state index is 12.5. The number of amides is 1. The largest absolute Gasteiger partial charge is 0.497 e. The second-order valence-corrected chi connectivity index (χ2v) is 7.05. The van der Waals surface area contributed by atoms with Crippen molar-refractivity contribution in [3.8, 4) is 28.7 Å². The van der Waals surface area contributed by atoms with Crippen molar-refractivity contribution in [3.05, 3.63) is 53.9 Å². The lowest BCUT2D eigenvalue weighted by Gasteiger charge is -2.16. The van der Waals surface area contributed by atoms with Gasteiger partial charge in [0.25, 0.3) is 5.89 Å². The molecule has 0 radical (unpaired) electrons. The SMILES string of the molecule is COc1cccc(CN2CC(c3noc(-c4ccc5c(c4)OCO5)n3)CC2=O)c1. The maximum absolute atomic E-state index is 12.5. The standard InChI is InChI=1S/C21H19N3O5/c1-26-16-4-2-3-13(7-16)10-24-11-15(9-19(24)25)20-22-21(29-23-20)14-5-6-17-18(8-14)28-12-27-17/h2-8,15H,9-12H2,1H3. The molecule has 8 nitrogen and oxygen atoms in total. The van der Waals surface area contributed by atoms with Gasteiger partial charge in [0.2, 0.25) is 12.7 Å². The van der Waals surface area contributed by atoms with Crippen molar-refractivity contribution < 1.29 is 23.5 Å². The summed E-state index contributed by atoms with van der Waals surface area (Å²) in [7, 11) is 1.63. The Labute approximate surface area is 167 Å². The van der Waals surface area contributed by atoms with Crippen LogP contribution in [0, 0.1) is 0 Å². The molecule has 0 bridgehead atoms. The molecule has 148 valence electrons. The number of nitrogens with zero attached hydrogens (tertiary/aromatic N) is 3.